The highest BCUT2D eigenvalue weighted by atomic mass is 32.1. The van der Waals surface area contributed by atoms with E-state index in [1.54, 1.807) is 0 Å². The number of aryl methyl sites for hydroxylation is 1. The molecule has 2 heterocycles. The molecule has 1 amide bonds. The molecule has 0 bridgehead atoms. The Kier molecular flexibility index (Phi) is 5.47. The highest BCUT2D eigenvalue weighted by molar-refractivity contribution is 7.12. The molecular formula is C18H16FN5O2S. The average molecular weight is 385 g/mol. The summed E-state index contributed by atoms with van der Waals surface area (Å²) >= 11 is 1.53. The van der Waals surface area contributed by atoms with Gasteiger partial charge < -0.3 is 15.1 Å². The van der Waals surface area contributed by atoms with Crippen molar-refractivity contribution in [3.63, 3.8) is 0 Å². The van der Waals surface area contributed by atoms with Crippen LogP contribution in [0.5, 0.6) is 0 Å². The Morgan fingerprint density at radius 1 is 1.33 bits per heavy atom. The van der Waals surface area contributed by atoms with E-state index in [1.807, 2.05) is 25.1 Å². The summed E-state index contributed by atoms with van der Waals surface area (Å²) in [6.45, 7) is 1.97. The highest BCUT2D eigenvalue weighted by Gasteiger charge is 2.20. The molecule has 0 saturated carbocycles. The second kappa shape index (κ2) is 7.97. The summed E-state index contributed by atoms with van der Waals surface area (Å²) in [5.74, 6) is -0.599. The van der Waals surface area contributed by atoms with Gasteiger partial charge in [0.15, 0.2) is 0 Å². The van der Waals surface area contributed by atoms with Crippen LogP contribution in [0.15, 0.2) is 34.7 Å². The van der Waals surface area contributed by atoms with E-state index < -0.39 is 5.82 Å². The molecule has 0 aliphatic rings. The highest BCUT2D eigenvalue weighted by Crippen LogP contribution is 2.19. The number of hydrogen-bond donors (Lipinski definition) is 1. The van der Waals surface area contributed by atoms with Crippen molar-refractivity contribution in [3.05, 3.63) is 62.9 Å². The van der Waals surface area contributed by atoms with Crippen molar-refractivity contribution in [2.24, 2.45) is 0 Å². The Morgan fingerprint density at radius 2 is 2.15 bits per heavy atom. The zero-order valence-electron chi connectivity index (χ0n) is 14.5. The molecule has 2 N–H and O–H groups in total. The van der Waals surface area contributed by atoms with Crippen LogP contribution in [-0.2, 0) is 24.3 Å². The molecule has 0 saturated heterocycles. The second-order valence-corrected chi connectivity index (χ2v) is 7.26. The quantitative estimate of drug-likeness (QED) is 0.699. The van der Waals surface area contributed by atoms with Gasteiger partial charge in [-0.1, -0.05) is 11.2 Å². The van der Waals surface area contributed by atoms with E-state index in [9.17, 15) is 9.18 Å². The number of amides is 1. The maximum Gasteiger partial charge on any atom is 0.312 e. The third-order valence-corrected chi connectivity index (χ3v) is 4.83. The maximum atomic E-state index is 14.3. The van der Waals surface area contributed by atoms with Crippen molar-refractivity contribution in [2.75, 3.05) is 5.73 Å². The van der Waals surface area contributed by atoms with Crippen LogP contribution in [0, 0.1) is 24.1 Å². The van der Waals surface area contributed by atoms with Crippen LogP contribution in [0.1, 0.15) is 26.8 Å². The molecule has 27 heavy (non-hydrogen) atoms. The van der Waals surface area contributed by atoms with E-state index in [2.05, 4.69) is 10.2 Å². The minimum Gasteiger partial charge on any atom is -0.406 e. The van der Waals surface area contributed by atoms with E-state index >= 15 is 0 Å². The first-order chi connectivity index (χ1) is 12.9. The van der Waals surface area contributed by atoms with Gasteiger partial charge in [0, 0.05) is 21.9 Å². The number of aromatic nitrogens is 2. The number of anilines is 1. The Morgan fingerprint density at radius 3 is 2.74 bits per heavy atom. The fourth-order valence-electron chi connectivity index (χ4n) is 2.52. The molecule has 9 heteroatoms. The predicted octanol–water partition coefficient (Wildman–Crippen LogP) is 2.80. The molecule has 0 aliphatic carbocycles. The minimum absolute atomic E-state index is 0.00299. The van der Waals surface area contributed by atoms with Gasteiger partial charge in [0.1, 0.15) is 5.82 Å². The number of nitriles is 1. The van der Waals surface area contributed by atoms with Gasteiger partial charge in [-0.25, -0.2) is 4.39 Å². The number of carbonyl (C=O) groups is 1. The van der Waals surface area contributed by atoms with Crippen molar-refractivity contribution < 1.29 is 13.6 Å². The number of benzene rings is 1. The van der Waals surface area contributed by atoms with E-state index in [-0.39, 0.29) is 48.4 Å². The number of nitrogens with two attached hydrogens (primary N) is 1. The van der Waals surface area contributed by atoms with Gasteiger partial charge in [-0.3, -0.25) is 4.79 Å². The third kappa shape index (κ3) is 4.68. The van der Waals surface area contributed by atoms with Gasteiger partial charge in [-0.15, -0.1) is 16.4 Å². The van der Waals surface area contributed by atoms with E-state index in [0.29, 0.717) is 0 Å². The Bertz CT molecular complexity index is 1010. The topological polar surface area (TPSA) is 109 Å². The Balaban J connectivity index is 1.82. The number of nitrogen functional groups attached to an aromatic ring is 1. The lowest BCUT2D eigenvalue weighted by Crippen LogP contribution is -2.31. The van der Waals surface area contributed by atoms with Crippen LogP contribution in [0.25, 0.3) is 0 Å². The second-order valence-electron chi connectivity index (χ2n) is 5.89. The molecule has 2 aromatic heterocycles. The normalized spacial score (nSPS) is 10.6. The molecule has 7 nitrogen and oxygen atoms in total. The molecule has 0 unspecified atom stereocenters. The SMILES string of the molecule is Cc1ccc(CC(=O)N(Cc2nnc(N)o2)Cc2ccc(C#N)cc2F)s1. The fraction of sp³-hybridized carbons (Fsp3) is 0.222. The van der Waals surface area contributed by atoms with Gasteiger partial charge in [0.2, 0.25) is 11.8 Å². The zero-order valence-corrected chi connectivity index (χ0v) is 15.3. The number of nitrogens with zero attached hydrogens (tertiary/aromatic N) is 4. The van der Waals surface area contributed by atoms with Crippen molar-refractivity contribution >= 4 is 23.3 Å². The molecular weight excluding hydrogens is 369 g/mol. The van der Waals surface area contributed by atoms with Gasteiger partial charge in [0.05, 0.1) is 24.6 Å². The third-order valence-electron chi connectivity index (χ3n) is 3.83. The Labute approximate surface area is 158 Å². The lowest BCUT2D eigenvalue weighted by molar-refractivity contribution is -0.132. The molecule has 0 fully saturated rings. The molecule has 0 spiro atoms. The summed E-state index contributed by atoms with van der Waals surface area (Å²) < 4.78 is 19.4. The van der Waals surface area contributed by atoms with Crippen molar-refractivity contribution in [1.82, 2.24) is 15.1 Å². The fourth-order valence-corrected chi connectivity index (χ4v) is 3.40. The smallest absolute Gasteiger partial charge is 0.312 e. The van der Waals surface area contributed by atoms with Gasteiger partial charge in [0.25, 0.3) is 0 Å². The number of halogens is 1. The summed E-state index contributed by atoms with van der Waals surface area (Å²) in [7, 11) is 0. The maximum absolute atomic E-state index is 14.3. The summed E-state index contributed by atoms with van der Waals surface area (Å²) in [6, 6.07) is 9.76. The van der Waals surface area contributed by atoms with E-state index in [1.165, 1.54) is 28.4 Å². The van der Waals surface area contributed by atoms with Crippen molar-refractivity contribution in [3.8, 4) is 6.07 Å². The average Bonchev–Trinajstić information content (AvgIpc) is 3.23. The lowest BCUT2D eigenvalue weighted by Gasteiger charge is -2.21. The van der Waals surface area contributed by atoms with Crippen LogP contribution >= 0.6 is 11.3 Å². The number of carbonyl (C=O) groups excluding carboxylic acids is 1. The predicted molar refractivity (Wildman–Crippen MR) is 96.8 cm³/mol. The molecule has 3 aromatic rings. The number of hydrogen-bond acceptors (Lipinski definition) is 7. The standard InChI is InChI=1S/C18H16FN5O2S/c1-11-2-5-14(27-11)7-17(25)24(10-16-22-23-18(21)26-16)9-13-4-3-12(8-20)6-15(13)19/h2-6H,7,9-10H2,1H3,(H2,21,23). The van der Waals surface area contributed by atoms with Crippen LogP contribution in [-0.4, -0.2) is 21.0 Å². The minimum atomic E-state index is -0.552. The largest absolute Gasteiger partial charge is 0.406 e. The molecule has 1 aromatic carbocycles. The number of thiophene rings is 1. The molecule has 3 rings (SSSR count). The lowest BCUT2D eigenvalue weighted by atomic mass is 10.1. The van der Waals surface area contributed by atoms with Crippen LogP contribution in [0.4, 0.5) is 10.4 Å². The molecule has 0 aliphatic heterocycles. The summed E-state index contributed by atoms with van der Waals surface area (Å²) in [4.78, 5) is 16.2. The van der Waals surface area contributed by atoms with Crippen LogP contribution in [0.3, 0.4) is 0 Å². The Hall–Kier alpha value is -3.25. The van der Waals surface area contributed by atoms with E-state index in [4.69, 9.17) is 15.4 Å². The first kappa shape index (κ1) is 18.5. The first-order valence-electron chi connectivity index (χ1n) is 8.04. The van der Waals surface area contributed by atoms with Crippen LogP contribution < -0.4 is 5.73 Å². The summed E-state index contributed by atoms with van der Waals surface area (Å²) in [5, 5.41) is 16.2. The van der Waals surface area contributed by atoms with Gasteiger partial charge in [-0.2, -0.15) is 5.26 Å². The van der Waals surface area contributed by atoms with Crippen molar-refractivity contribution in [1.29, 1.82) is 5.26 Å². The molecule has 138 valence electrons. The zero-order chi connectivity index (χ0) is 19.4. The summed E-state index contributed by atoms with van der Waals surface area (Å²) in [6.07, 6.45) is 0.181. The van der Waals surface area contributed by atoms with Gasteiger partial charge in [-0.05, 0) is 31.2 Å². The summed E-state index contributed by atoms with van der Waals surface area (Å²) in [5.41, 5.74) is 5.94. The molecule has 0 radical (unpaired) electrons. The first-order valence-corrected chi connectivity index (χ1v) is 8.85. The van der Waals surface area contributed by atoms with Gasteiger partial charge >= 0.3 is 6.01 Å². The van der Waals surface area contributed by atoms with E-state index in [0.717, 1.165) is 15.8 Å². The van der Waals surface area contributed by atoms with Crippen molar-refractivity contribution in [2.45, 2.75) is 26.4 Å². The monoisotopic (exact) mass is 385 g/mol. The van der Waals surface area contributed by atoms with Crippen LogP contribution in [0.2, 0.25) is 0 Å². The molecule has 0 atom stereocenters. The number of rotatable bonds is 6.